The van der Waals surface area contributed by atoms with E-state index in [0.717, 1.165) is 47.8 Å². The first-order valence-electron chi connectivity index (χ1n) is 13.2. The highest BCUT2D eigenvalue weighted by atomic mass is 35.5. The first-order chi connectivity index (χ1) is 14.2. The standard InChI is InChI=1S/C29H47Cl/c1-7-21(19(2)3)9-8-20(4)25-12-13-26-24-11-10-22-18-23(30)14-16-28(22,5)27(24)15-17-29(25,26)6/h8-10,19-21,23-27H,7,11-18H2,1-6H3/b9-8+/t20-,21+,23-,24+,25-,26+,27+,28-,29+/m0/s1. The van der Waals surface area contributed by atoms with Gasteiger partial charge < -0.3 is 0 Å². The number of hydrogen-bond donors (Lipinski definition) is 0. The Morgan fingerprint density at radius 3 is 2.50 bits per heavy atom. The molecule has 0 aromatic carbocycles. The third kappa shape index (κ3) is 3.76. The van der Waals surface area contributed by atoms with Crippen molar-refractivity contribution in [2.24, 2.45) is 52.3 Å². The van der Waals surface area contributed by atoms with E-state index >= 15 is 0 Å². The van der Waals surface area contributed by atoms with Crippen molar-refractivity contribution < 1.29 is 0 Å². The van der Waals surface area contributed by atoms with Crippen molar-refractivity contribution in [3.8, 4) is 0 Å². The summed E-state index contributed by atoms with van der Waals surface area (Å²) >= 11 is 6.57. The average Bonchev–Trinajstić information content (AvgIpc) is 3.06. The lowest BCUT2D eigenvalue weighted by Gasteiger charge is -2.58. The van der Waals surface area contributed by atoms with Gasteiger partial charge in [-0.2, -0.15) is 0 Å². The molecule has 9 atom stereocenters. The van der Waals surface area contributed by atoms with Gasteiger partial charge in [-0.3, -0.25) is 0 Å². The Morgan fingerprint density at radius 1 is 1.03 bits per heavy atom. The van der Waals surface area contributed by atoms with Crippen LogP contribution in [0, 0.1) is 52.3 Å². The van der Waals surface area contributed by atoms with E-state index in [1.807, 2.05) is 0 Å². The number of rotatable bonds is 5. The fourth-order valence-corrected chi connectivity index (χ4v) is 9.08. The van der Waals surface area contributed by atoms with Crippen molar-refractivity contribution in [1.29, 1.82) is 0 Å². The highest BCUT2D eigenvalue weighted by molar-refractivity contribution is 6.20. The number of alkyl halides is 1. The van der Waals surface area contributed by atoms with Crippen LogP contribution in [0.2, 0.25) is 0 Å². The smallest absolute Gasteiger partial charge is 0.0373 e. The summed E-state index contributed by atoms with van der Waals surface area (Å²) in [4.78, 5) is 0. The summed E-state index contributed by atoms with van der Waals surface area (Å²) in [6.45, 7) is 14.9. The lowest BCUT2D eigenvalue weighted by Crippen LogP contribution is -2.50. The van der Waals surface area contributed by atoms with Gasteiger partial charge in [-0.25, -0.2) is 0 Å². The molecular weight excluding hydrogens is 384 g/mol. The molecule has 4 aliphatic carbocycles. The van der Waals surface area contributed by atoms with Crippen molar-refractivity contribution >= 4 is 11.6 Å². The number of fused-ring (bicyclic) bond motifs is 5. The van der Waals surface area contributed by atoms with E-state index in [1.165, 1.54) is 51.4 Å². The molecule has 0 bridgehead atoms. The second-order valence-electron chi connectivity index (χ2n) is 12.4. The molecule has 0 N–H and O–H groups in total. The molecule has 0 aliphatic heterocycles. The van der Waals surface area contributed by atoms with Gasteiger partial charge in [0.05, 0.1) is 0 Å². The van der Waals surface area contributed by atoms with Crippen LogP contribution >= 0.6 is 11.6 Å². The van der Waals surface area contributed by atoms with Gasteiger partial charge in [-0.1, -0.05) is 65.3 Å². The van der Waals surface area contributed by atoms with Crippen LogP contribution in [-0.4, -0.2) is 5.38 Å². The molecule has 0 aromatic rings. The van der Waals surface area contributed by atoms with Gasteiger partial charge in [-0.15, -0.1) is 11.6 Å². The molecule has 3 fully saturated rings. The Kier molecular flexibility index (Phi) is 6.58. The third-order valence-corrected chi connectivity index (χ3v) is 11.1. The topological polar surface area (TPSA) is 0 Å². The Bertz CT molecular complexity index is 674. The molecule has 0 amide bonds. The monoisotopic (exact) mass is 430 g/mol. The van der Waals surface area contributed by atoms with Crippen molar-refractivity contribution in [1.82, 2.24) is 0 Å². The zero-order chi connectivity index (χ0) is 21.7. The van der Waals surface area contributed by atoms with Gasteiger partial charge >= 0.3 is 0 Å². The Hall–Kier alpha value is -0.230. The molecule has 170 valence electrons. The van der Waals surface area contributed by atoms with Crippen LogP contribution in [0.3, 0.4) is 0 Å². The number of allylic oxidation sites excluding steroid dienone is 4. The van der Waals surface area contributed by atoms with Crippen molar-refractivity contribution in [2.75, 3.05) is 0 Å². The van der Waals surface area contributed by atoms with E-state index < -0.39 is 0 Å². The number of halogens is 1. The maximum Gasteiger partial charge on any atom is 0.0373 e. The number of hydrogen-bond acceptors (Lipinski definition) is 0. The van der Waals surface area contributed by atoms with E-state index in [0.29, 0.717) is 16.2 Å². The second kappa shape index (κ2) is 8.61. The zero-order valence-corrected chi connectivity index (χ0v) is 21.3. The van der Waals surface area contributed by atoms with Crippen LogP contribution in [-0.2, 0) is 0 Å². The van der Waals surface area contributed by atoms with E-state index in [4.69, 9.17) is 11.6 Å². The van der Waals surface area contributed by atoms with Crippen molar-refractivity contribution in [3.05, 3.63) is 23.8 Å². The van der Waals surface area contributed by atoms with Crippen LogP contribution in [0.25, 0.3) is 0 Å². The van der Waals surface area contributed by atoms with E-state index in [1.54, 1.807) is 5.57 Å². The maximum absolute atomic E-state index is 6.57. The molecule has 4 aliphatic rings. The Balaban J connectivity index is 1.52. The molecule has 30 heavy (non-hydrogen) atoms. The molecule has 0 heterocycles. The van der Waals surface area contributed by atoms with Gasteiger partial charge in [0.25, 0.3) is 0 Å². The lowest BCUT2D eigenvalue weighted by molar-refractivity contribution is -0.0460. The van der Waals surface area contributed by atoms with E-state index in [-0.39, 0.29) is 0 Å². The maximum atomic E-state index is 6.57. The summed E-state index contributed by atoms with van der Waals surface area (Å²) in [5, 5.41) is 0.385. The predicted molar refractivity (Wildman–Crippen MR) is 132 cm³/mol. The van der Waals surface area contributed by atoms with Crippen LogP contribution in [0.5, 0.6) is 0 Å². The fourth-order valence-electron chi connectivity index (χ4n) is 8.80. The predicted octanol–water partition coefficient (Wildman–Crippen LogP) is 9.05. The van der Waals surface area contributed by atoms with Crippen LogP contribution < -0.4 is 0 Å². The molecule has 0 radical (unpaired) electrons. The minimum absolute atomic E-state index is 0.385. The summed E-state index contributed by atoms with van der Waals surface area (Å²) in [5.41, 5.74) is 2.73. The summed E-state index contributed by atoms with van der Waals surface area (Å²) in [6.07, 6.45) is 20.0. The molecule has 3 saturated carbocycles. The molecule has 0 spiro atoms. The molecule has 1 heteroatoms. The van der Waals surface area contributed by atoms with Gasteiger partial charge in [0, 0.05) is 5.38 Å². The van der Waals surface area contributed by atoms with Gasteiger partial charge in [0.2, 0.25) is 0 Å². The minimum Gasteiger partial charge on any atom is -0.123 e. The Morgan fingerprint density at radius 2 is 1.80 bits per heavy atom. The first-order valence-corrected chi connectivity index (χ1v) is 13.7. The van der Waals surface area contributed by atoms with Gasteiger partial charge in [-0.05, 0) is 110 Å². The summed E-state index contributed by atoms with van der Waals surface area (Å²) in [5.74, 6) is 5.87. The van der Waals surface area contributed by atoms with Gasteiger partial charge in [0.15, 0.2) is 0 Å². The Labute approximate surface area is 192 Å². The third-order valence-electron chi connectivity index (χ3n) is 10.7. The van der Waals surface area contributed by atoms with Gasteiger partial charge in [0.1, 0.15) is 0 Å². The highest BCUT2D eigenvalue weighted by Gasteiger charge is 2.58. The van der Waals surface area contributed by atoms with Crippen LogP contribution in [0.1, 0.15) is 99.3 Å². The molecule has 0 saturated heterocycles. The normalized spacial score (nSPS) is 45.6. The zero-order valence-electron chi connectivity index (χ0n) is 20.6. The molecule has 4 rings (SSSR count). The molecule has 0 nitrogen and oxygen atoms in total. The lowest BCUT2D eigenvalue weighted by atomic mass is 9.47. The largest absolute Gasteiger partial charge is 0.123 e. The summed E-state index contributed by atoms with van der Waals surface area (Å²) in [6, 6.07) is 0. The fraction of sp³-hybridized carbons (Fsp3) is 0.862. The first kappa shape index (κ1) is 22.9. The average molecular weight is 431 g/mol. The summed E-state index contributed by atoms with van der Waals surface area (Å²) in [7, 11) is 0. The van der Waals surface area contributed by atoms with E-state index in [2.05, 4.69) is 59.8 Å². The van der Waals surface area contributed by atoms with E-state index in [9.17, 15) is 0 Å². The highest BCUT2D eigenvalue weighted by Crippen LogP contribution is 2.67. The molecule has 0 unspecified atom stereocenters. The minimum atomic E-state index is 0.385. The summed E-state index contributed by atoms with van der Waals surface area (Å²) < 4.78 is 0. The van der Waals surface area contributed by atoms with Crippen LogP contribution in [0.4, 0.5) is 0 Å². The second-order valence-corrected chi connectivity index (χ2v) is 13.0. The quantitative estimate of drug-likeness (QED) is 0.301. The van der Waals surface area contributed by atoms with Crippen molar-refractivity contribution in [3.63, 3.8) is 0 Å². The molecular formula is C29H47Cl. The van der Waals surface area contributed by atoms with Crippen molar-refractivity contribution in [2.45, 2.75) is 105 Å². The van der Waals surface area contributed by atoms with Crippen LogP contribution in [0.15, 0.2) is 23.8 Å². The molecule has 0 aromatic heterocycles. The SMILES string of the molecule is CC[C@H](/C=C/[C@H](C)[C@@H]1CC[C@@H]2[C@H]3CC=C4C[C@@H](Cl)CC[C@]4(C)[C@@H]3CC[C@@]21C)C(C)C.